The quantitative estimate of drug-likeness (QED) is 0.892. The Balaban J connectivity index is 1.73. The molecule has 2 aliphatic rings. The smallest absolute Gasteiger partial charge is 0.0934 e. The Labute approximate surface area is 118 Å². The molecular weight excluding hydrogens is 266 g/mol. The van der Waals surface area contributed by atoms with Crippen molar-refractivity contribution in [2.45, 2.75) is 44.7 Å². The fourth-order valence-electron chi connectivity index (χ4n) is 3.08. The predicted molar refractivity (Wildman–Crippen MR) is 76.5 cm³/mol. The van der Waals surface area contributed by atoms with E-state index >= 15 is 0 Å². The first-order chi connectivity index (χ1) is 8.74. The van der Waals surface area contributed by atoms with Crippen molar-refractivity contribution in [3.8, 4) is 0 Å². The van der Waals surface area contributed by atoms with E-state index < -0.39 is 0 Å². The van der Waals surface area contributed by atoms with E-state index in [-0.39, 0.29) is 0 Å². The van der Waals surface area contributed by atoms with Gasteiger partial charge in [-0.2, -0.15) is 0 Å². The highest BCUT2D eigenvalue weighted by molar-refractivity contribution is 7.16. The molecule has 1 aliphatic heterocycles. The van der Waals surface area contributed by atoms with E-state index in [0.29, 0.717) is 18.0 Å². The van der Waals surface area contributed by atoms with Crippen molar-refractivity contribution in [1.29, 1.82) is 0 Å². The van der Waals surface area contributed by atoms with Crippen molar-refractivity contribution in [3.63, 3.8) is 0 Å². The molecule has 0 aromatic carbocycles. The van der Waals surface area contributed by atoms with Crippen LogP contribution in [0.25, 0.3) is 0 Å². The molecule has 1 fully saturated rings. The Bertz CT molecular complexity index is 420. The van der Waals surface area contributed by atoms with E-state index in [2.05, 4.69) is 18.3 Å². The maximum Gasteiger partial charge on any atom is 0.0934 e. The average molecular weight is 286 g/mol. The summed E-state index contributed by atoms with van der Waals surface area (Å²) in [6, 6.07) is 3.26. The number of fused-ring (bicyclic) bond motifs is 1. The molecule has 2 nitrogen and oxygen atoms in total. The van der Waals surface area contributed by atoms with Gasteiger partial charge in [-0.1, -0.05) is 18.5 Å². The van der Waals surface area contributed by atoms with Gasteiger partial charge in [0.25, 0.3) is 0 Å². The highest BCUT2D eigenvalue weighted by atomic mass is 35.5. The largest absolute Gasteiger partial charge is 0.381 e. The van der Waals surface area contributed by atoms with Crippen LogP contribution in [0.5, 0.6) is 0 Å². The summed E-state index contributed by atoms with van der Waals surface area (Å²) in [4.78, 5) is 1.49. The Morgan fingerprint density at radius 2 is 2.33 bits per heavy atom. The van der Waals surface area contributed by atoms with Crippen molar-refractivity contribution in [2.24, 2.45) is 5.92 Å². The number of hydrogen-bond acceptors (Lipinski definition) is 3. The number of thiophene rings is 1. The van der Waals surface area contributed by atoms with E-state index in [4.69, 9.17) is 16.3 Å². The zero-order valence-corrected chi connectivity index (χ0v) is 12.3. The van der Waals surface area contributed by atoms with Crippen molar-refractivity contribution in [1.82, 2.24) is 5.32 Å². The fraction of sp³-hybridized carbons (Fsp3) is 0.714. The molecular formula is C14H20ClNOS. The van der Waals surface area contributed by atoms with Gasteiger partial charge in [0.15, 0.2) is 0 Å². The molecule has 3 rings (SSSR count). The molecule has 1 saturated heterocycles. The lowest BCUT2D eigenvalue weighted by atomic mass is 9.90. The van der Waals surface area contributed by atoms with Crippen molar-refractivity contribution in [2.75, 3.05) is 13.2 Å². The van der Waals surface area contributed by atoms with Crippen LogP contribution in [0.4, 0.5) is 0 Å². The van der Waals surface area contributed by atoms with Gasteiger partial charge in [-0.05, 0) is 43.2 Å². The summed E-state index contributed by atoms with van der Waals surface area (Å²) in [7, 11) is 0. The lowest BCUT2D eigenvalue weighted by Gasteiger charge is -2.34. The normalized spacial score (nSPS) is 32.2. The number of ether oxygens (including phenoxy) is 1. The van der Waals surface area contributed by atoms with Crippen molar-refractivity contribution < 1.29 is 4.74 Å². The molecule has 0 bridgehead atoms. The number of rotatable bonds is 2. The van der Waals surface area contributed by atoms with Crippen LogP contribution in [0.2, 0.25) is 4.34 Å². The molecule has 0 amide bonds. The second-order valence-electron chi connectivity index (χ2n) is 5.49. The monoisotopic (exact) mass is 285 g/mol. The highest BCUT2D eigenvalue weighted by Gasteiger charge is 2.28. The van der Waals surface area contributed by atoms with Gasteiger partial charge in [-0.25, -0.2) is 0 Å². The zero-order chi connectivity index (χ0) is 12.5. The Hall–Kier alpha value is -0.0900. The second kappa shape index (κ2) is 5.49. The highest BCUT2D eigenvalue weighted by Crippen LogP contribution is 2.38. The fourth-order valence-corrected chi connectivity index (χ4v) is 4.46. The van der Waals surface area contributed by atoms with E-state index in [1.54, 1.807) is 11.3 Å². The molecule has 1 aromatic heterocycles. The van der Waals surface area contributed by atoms with Gasteiger partial charge in [0, 0.05) is 23.6 Å². The molecule has 4 heteroatoms. The Kier molecular flexibility index (Phi) is 3.94. The second-order valence-corrected chi connectivity index (χ2v) is 7.26. The SMILES string of the molecule is CC1COCCC1NC1CCCc2sc(Cl)cc21. The van der Waals surface area contributed by atoms with Gasteiger partial charge in [-0.15, -0.1) is 11.3 Å². The average Bonchev–Trinajstić information content (AvgIpc) is 2.73. The Morgan fingerprint density at radius 3 is 3.17 bits per heavy atom. The van der Waals surface area contributed by atoms with Crippen LogP contribution in [0.15, 0.2) is 6.07 Å². The van der Waals surface area contributed by atoms with E-state index in [1.807, 2.05) is 0 Å². The third-order valence-electron chi connectivity index (χ3n) is 4.14. The van der Waals surface area contributed by atoms with Crippen LogP contribution in [0.1, 0.15) is 42.7 Å². The first-order valence-electron chi connectivity index (χ1n) is 6.86. The molecule has 3 atom stereocenters. The molecule has 18 heavy (non-hydrogen) atoms. The number of aryl methyl sites for hydroxylation is 1. The van der Waals surface area contributed by atoms with Crippen molar-refractivity contribution >= 4 is 22.9 Å². The van der Waals surface area contributed by atoms with Gasteiger partial charge in [0.2, 0.25) is 0 Å². The van der Waals surface area contributed by atoms with E-state index in [9.17, 15) is 0 Å². The topological polar surface area (TPSA) is 21.3 Å². The lowest BCUT2D eigenvalue weighted by molar-refractivity contribution is 0.0351. The molecule has 0 saturated carbocycles. The summed E-state index contributed by atoms with van der Waals surface area (Å²) < 4.78 is 6.45. The van der Waals surface area contributed by atoms with Gasteiger partial charge < -0.3 is 10.1 Å². The molecule has 1 aliphatic carbocycles. The number of hydrogen-bond donors (Lipinski definition) is 1. The van der Waals surface area contributed by atoms with Crippen LogP contribution in [-0.4, -0.2) is 19.3 Å². The standard InChI is InChI=1S/C14H20ClNOS/c1-9-8-17-6-5-11(9)16-12-3-2-4-13-10(12)7-14(15)18-13/h7,9,11-12,16H,2-6,8H2,1H3. The minimum absolute atomic E-state index is 0.503. The molecule has 1 N–H and O–H groups in total. The first kappa shape index (κ1) is 12.9. The molecule has 2 heterocycles. The van der Waals surface area contributed by atoms with Gasteiger partial charge in [0.1, 0.15) is 0 Å². The summed E-state index contributed by atoms with van der Waals surface area (Å²) in [5.74, 6) is 0.609. The minimum Gasteiger partial charge on any atom is -0.381 e. The first-order valence-corrected chi connectivity index (χ1v) is 8.05. The lowest BCUT2D eigenvalue weighted by Crippen LogP contribution is -2.43. The predicted octanol–water partition coefficient (Wildman–Crippen LogP) is 3.79. The maximum absolute atomic E-state index is 6.16. The molecule has 3 unspecified atom stereocenters. The van der Waals surface area contributed by atoms with Crippen LogP contribution < -0.4 is 5.32 Å². The molecule has 100 valence electrons. The molecule has 0 spiro atoms. The zero-order valence-electron chi connectivity index (χ0n) is 10.7. The van der Waals surface area contributed by atoms with Crippen molar-refractivity contribution in [3.05, 3.63) is 20.8 Å². The molecule has 0 radical (unpaired) electrons. The van der Waals surface area contributed by atoms with E-state index in [1.165, 1.54) is 29.7 Å². The van der Waals surface area contributed by atoms with Gasteiger partial charge in [0.05, 0.1) is 10.9 Å². The van der Waals surface area contributed by atoms with Gasteiger partial charge >= 0.3 is 0 Å². The minimum atomic E-state index is 0.503. The summed E-state index contributed by atoms with van der Waals surface area (Å²) in [6.07, 6.45) is 4.85. The number of nitrogens with one attached hydrogen (secondary N) is 1. The third kappa shape index (κ3) is 2.60. The van der Waals surface area contributed by atoms with Gasteiger partial charge in [-0.3, -0.25) is 0 Å². The summed E-state index contributed by atoms with van der Waals surface area (Å²) in [6.45, 7) is 4.06. The Morgan fingerprint density at radius 1 is 1.44 bits per heavy atom. The van der Waals surface area contributed by atoms with E-state index in [0.717, 1.165) is 24.0 Å². The summed E-state index contributed by atoms with van der Waals surface area (Å²) >= 11 is 7.92. The summed E-state index contributed by atoms with van der Waals surface area (Å²) in [5, 5.41) is 3.85. The summed E-state index contributed by atoms with van der Waals surface area (Å²) in [5.41, 5.74) is 1.45. The van der Waals surface area contributed by atoms with Crippen LogP contribution in [0, 0.1) is 5.92 Å². The maximum atomic E-state index is 6.16. The van der Waals surface area contributed by atoms with Crippen LogP contribution in [0.3, 0.4) is 0 Å². The van der Waals surface area contributed by atoms with Crippen LogP contribution >= 0.6 is 22.9 Å². The molecule has 1 aromatic rings. The van der Waals surface area contributed by atoms with Crippen LogP contribution in [-0.2, 0) is 11.2 Å². The number of halogens is 1. The third-order valence-corrected chi connectivity index (χ3v) is 5.48.